The highest BCUT2D eigenvalue weighted by molar-refractivity contribution is 5.18. The van der Waals surface area contributed by atoms with Gasteiger partial charge in [0.15, 0.2) is 0 Å². The number of rotatable bonds is 8. The highest BCUT2D eigenvalue weighted by atomic mass is 15.1. The molecule has 0 bridgehead atoms. The van der Waals surface area contributed by atoms with Gasteiger partial charge < -0.3 is 9.88 Å². The molecule has 1 atom stereocenters. The van der Waals surface area contributed by atoms with Gasteiger partial charge in [0.2, 0.25) is 0 Å². The van der Waals surface area contributed by atoms with Crippen molar-refractivity contribution in [1.29, 1.82) is 0 Å². The predicted octanol–water partition coefficient (Wildman–Crippen LogP) is 3.58. The van der Waals surface area contributed by atoms with Gasteiger partial charge in [-0.25, -0.2) is 4.98 Å². The molecule has 1 heterocycles. The van der Waals surface area contributed by atoms with E-state index in [0.717, 1.165) is 32.5 Å². The molecule has 3 nitrogen and oxygen atoms in total. The van der Waals surface area contributed by atoms with Gasteiger partial charge >= 0.3 is 0 Å². The molecule has 3 heteroatoms. The second kappa shape index (κ2) is 7.85. The molecule has 20 heavy (non-hydrogen) atoms. The lowest BCUT2D eigenvalue weighted by Crippen LogP contribution is -2.18. The van der Waals surface area contributed by atoms with E-state index in [-0.39, 0.29) is 0 Å². The van der Waals surface area contributed by atoms with Crippen LogP contribution in [0.2, 0.25) is 0 Å². The maximum atomic E-state index is 4.23. The lowest BCUT2D eigenvalue weighted by molar-refractivity contribution is 0.565. The highest BCUT2D eigenvalue weighted by Gasteiger charge is 2.05. The molecule has 2 rings (SSSR count). The summed E-state index contributed by atoms with van der Waals surface area (Å²) in [6, 6.07) is 10.7. The highest BCUT2D eigenvalue weighted by Crippen LogP contribution is 2.17. The number of hydrogen-bond donors (Lipinski definition) is 1. The van der Waals surface area contributed by atoms with Crippen LogP contribution in [-0.4, -0.2) is 16.1 Å². The molecule has 1 unspecified atom stereocenters. The molecule has 108 valence electrons. The van der Waals surface area contributed by atoms with Gasteiger partial charge in [0.1, 0.15) is 0 Å². The van der Waals surface area contributed by atoms with Crippen LogP contribution in [-0.2, 0) is 13.1 Å². The summed E-state index contributed by atoms with van der Waals surface area (Å²) in [7, 11) is 0. The van der Waals surface area contributed by atoms with Crippen molar-refractivity contribution >= 4 is 0 Å². The zero-order valence-corrected chi connectivity index (χ0v) is 12.5. The molecular weight excluding hydrogens is 246 g/mol. The molecule has 0 saturated heterocycles. The lowest BCUT2D eigenvalue weighted by Gasteiger charge is -2.13. The Labute approximate surface area is 122 Å². The number of nitrogens with zero attached hydrogens (tertiary/aromatic N) is 2. The third kappa shape index (κ3) is 4.20. The summed E-state index contributed by atoms with van der Waals surface area (Å²) in [5.41, 5.74) is 2.70. The van der Waals surface area contributed by atoms with Crippen LogP contribution in [0.15, 0.2) is 42.9 Å². The van der Waals surface area contributed by atoms with Gasteiger partial charge in [-0.1, -0.05) is 44.2 Å². The second-order valence-electron chi connectivity index (χ2n) is 5.36. The molecule has 0 aliphatic heterocycles. The van der Waals surface area contributed by atoms with Crippen LogP contribution in [0.1, 0.15) is 43.9 Å². The monoisotopic (exact) mass is 271 g/mol. The van der Waals surface area contributed by atoms with E-state index < -0.39 is 0 Å². The fraction of sp³-hybridized carbons (Fsp3) is 0.471. The Morgan fingerprint density at radius 1 is 1.25 bits per heavy atom. The number of imidazole rings is 1. The molecule has 0 amide bonds. The van der Waals surface area contributed by atoms with E-state index >= 15 is 0 Å². The molecule has 2 aromatic rings. The minimum atomic E-state index is 0.601. The Hall–Kier alpha value is -1.61. The van der Waals surface area contributed by atoms with E-state index in [4.69, 9.17) is 0 Å². The predicted molar refractivity (Wildman–Crippen MR) is 83.7 cm³/mol. The summed E-state index contributed by atoms with van der Waals surface area (Å²) in [6.07, 6.45) is 6.19. The number of nitrogens with one attached hydrogen (secondary N) is 1. The van der Waals surface area contributed by atoms with Gasteiger partial charge in [-0.05, 0) is 30.9 Å². The van der Waals surface area contributed by atoms with E-state index in [0.29, 0.717) is 5.92 Å². The van der Waals surface area contributed by atoms with Crippen molar-refractivity contribution in [2.75, 3.05) is 6.54 Å². The van der Waals surface area contributed by atoms with Crippen molar-refractivity contribution in [2.24, 2.45) is 0 Å². The fourth-order valence-corrected chi connectivity index (χ4v) is 2.42. The lowest BCUT2D eigenvalue weighted by atomic mass is 9.98. The first-order valence-corrected chi connectivity index (χ1v) is 7.56. The smallest absolute Gasteiger partial charge is 0.0948 e. The van der Waals surface area contributed by atoms with Gasteiger partial charge in [-0.3, -0.25) is 0 Å². The largest absolute Gasteiger partial charge is 0.333 e. The van der Waals surface area contributed by atoms with Crippen LogP contribution in [0.5, 0.6) is 0 Å². The normalized spacial score (nSPS) is 12.5. The number of aryl methyl sites for hydroxylation is 1. The molecule has 0 saturated carbocycles. The summed E-state index contributed by atoms with van der Waals surface area (Å²) in [5, 5.41) is 3.53. The van der Waals surface area contributed by atoms with Crippen LogP contribution in [0, 0.1) is 0 Å². The summed E-state index contributed by atoms with van der Waals surface area (Å²) in [6.45, 7) is 7.48. The second-order valence-corrected chi connectivity index (χ2v) is 5.36. The van der Waals surface area contributed by atoms with E-state index in [1.807, 2.05) is 12.5 Å². The SMILES string of the molecule is CCCn1cncc1CNCCC(C)c1ccccc1. The van der Waals surface area contributed by atoms with Crippen molar-refractivity contribution in [3.63, 3.8) is 0 Å². The van der Waals surface area contributed by atoms with Crippen molar-refractivity contribution < 1.29 is 0 Å². The molecule has 1 N–H and O–H groups in total. The van der Waals surface area contributed by atoms with Gasteiger partial charge in [0.05, 0.1) is 12.0 Å². The van der Waals surface area contributed by atoms with Crippen molar-refractivity contribution in [2.45, 2.75) is 45.7 Å². The average Bonchev–Trinajstić information content (AvgIpc) is 2.92. The Bertz CT molecular complexity index is 490. The van der Waals surface area contributed by atoms with E-state index in [1.165, 1.54) is 11.3 Å². The quantitative estimate of drug-likeness (QED) is 0.744. The molecule has 0 fully saturated rings. The van der Waals surface area contributed by atoms with Crippen LogP contribution >= 0.6 is 0 Å². The van der Waals surface area contributed by atoms with Gasteiger partial charge in [0, 0.05) is 19.3 Å². The van der Waals surface area contributed by atoms with Gasteiger partial charge in [-0.15, -0.1) is 0 Å². The van der Waals surface area contributed by atoms with E-state index in [9.17, 15) is 0 Å². The van der Waals surface area contributed by atoms with Crippen LogP contribution < -0.4 is 5.32 Å². The molecule has 1 aromatic heterocycles. The standard InChI is InChI=1S/C17H25N3/c1-3-11-20-14-19-13-17(20)12-18-10-9-15(2)16-7-5-4-6-8-16/h4-8,13-15,18H,3,9-12H2,1-2H3. The number of hydrogen-bond acceptors (Lipinski definition) is 2. The molecule has 0 spiro atoms. The Morgan fingerprint density at radius 2 is 2.05 bits per heavy atom. The molecule has 0 radical (unpaired) electrons. The Morgan fingerprint density at radius 3 is 2.80 bits per heavy atom. The zero-order valence-electron chi connectivity index (χ0n) is 12.5. The van der Waals surface area contributed by atoms with Crippen molar-refractivity contribution in [3.8, 4) is 0 Å². The fourth-order valence-electron chi connectivity index (χ4n) is 2.42. The first kappa shape index (κ1) is 14.8. The minimum absolute atomic E-state index is 0.601. The van der Waals surface area contributed by atoms with Crippen LogP contribution in [0.3, 0.4) is 0 Å². The maximum Gasteiger partial charge on any atom is 0.0948 e. The van der Waals surface area contributed by atoms with Crippen molar-refractivity contribution in [3.05, 3.63) is 54.1 Å². The number of aromatic nitrogens is 2. The Kier molecular flexibility index (Phi) is 5.81. The summed E-state index contributed by atoms with van der Waals surface area (Å²) < 4.78 is 2.23. The first-order chi connectivity index (χ1) is 9.81. The van der Waals surface area contributed by atoms with E-state index in [1.54, 1.807) is 0 Å². The summed E-state index contributed by atoms with van der Waals surface area (Å²) >= 11 is 0. The summed E-state index contributed by atoms with van der Waals surface area (Å²) in [5.74, 6) is 0.601. The third-order valence-electron chi connectivity index (χ3n) is 3.69. The summed E-state index contributed by atoms with van der Waals surface area (Å²) in [4.78, 5) is 4.23. The van der Waals surface area contributed by atoms with Crippen molar-refractivity contribution in [1.82, 2.24) is 14.9 Å². The number of benzene rings is 1. The van der Waals surface area contributed by atoms with Crippen LogP contribution in [0.25, 0.3) is 0 Å². The van der Waals surface area contributed by atoms with Crippen LogP contribution in [0.4, 0.5) is 0 Å². The topological polar surface area (TPSA) is 29.9 Å². The first-order valence-electron chi connectivity index (χ1n) is 7.56. The average molecular weight is 271 g/mol. The van der Waals surface area contributed by atoms with Gasteiger partial charge in [0.25, 0.3) is 0 Å². The third-order valence-corrected chi connectivity index (χ3v) is 3.69. The van der Waals surface area contributed by atoms with E-state index in [2.05, 4.69) is 59.0 Å². The zero-order chi connectivity index (χ0) is 14.2. The minimum Gasteiger partial charge on any atom is -0.333 e. The molecule has 0 aliphatic rings. The van der Waals surface area contributed by atoms with Gasteiger partial charge in [-0.2, -0.15) is 0 Å². The maximum absolute atomic E-state index is 4.23. The Balaban J connectivity index is 1.72. The molecule has 1 aromatic carbocycles. The molecular formula is C17H25N3. The molecule has 0 aliphatic carbocycles.